The number of likely N-dealkylation sites (N-methyl/N-ethyl adjacent to an activating group) is 1. The molecule has 0 aliphatic heterocycles. The zero-order valence-corrected chi connectivity index (χ0v) is 18.9. The fourth-order valence-electron chi connectivity index (χ4n) is 2.19. The van der Waals surface area contributed by atoms with E-state index in [1.807, 2.05) is 0 Å². The van der Waals surface area contributed by atoms with Crippen LogP contribution in [0.5, 0.6) is 0 Å². The van der Waals surface area contributed by atoms with Crippen molar-refractivity contribution in [1.29, 1.82) is 0 Å². The molecule has 4 nitrogen and oxygen atoms in total. The Labute approximate surface area is 177 Å². The van der Waals surface area contributed by atoms with Crippen LogP contribution in [0.3, 0.4) is 0 Å². The van der Waals surface area contributed by atoms with E-state index in [1.165, 1.54) is 16.6 Å². The van der Waals surface area contributed by atoms with Crippen LogP contribution in [0, 0.1) is 6.65 Å². The molecule has 0 N–H and O–H groups in total. The molecule has 6 heteroatoms. The SMILES string of the molecule is CN(C)CCc1ccc2cccc(CN(C)C)c2n1.[C-]#[O+].[RuH+2].[Y]. The van der Waals surface area contributed by atoms with E-state index >= 15 is 0 Å². The summed E-state index contributed by atoms with van der Waals surface area (Å²) >= 11 is 0. The Morgan fingerprint density at radius 3 is 2.22 bits per heavy atom. The van der Waals surface area contributed by atoms with E-state index in [2.05, 4.69) is 75.0 Å². The van der Waals surface area contributed by atoms with Crippen molar-refractivity contribution < 1.29 is 56.8 Å². The van der Waals surface area contributed by atoms with Crippen molar-refractivity contribution in [3.63, 3.8) is 0 Å². The third-order valence-electron chi connectivity index (χ3n) is 3.16. The van der Waals surface area contributed by atoms with E-state index in [1.54, 1.807) is 0 Å². The van der Waals surface area contributed by atoms with Gasteiger partial charge < -0.3 is 9.80 Å². The second-order valence-electron chi connectivity index (χ2n) is 5.58. The predicted molar refractivity (Wildman–Crippen MR) is 86.7 cm³/mol. The molecular weight excluding hydrogens is 452 g/mol. The Morgan fingerprint density at radius 2 is 1.65 bits per heavy atom. The van der Waals surface area contributed by atoms with Gasteiger partial charge >= 0.3 is 30.8 Å². The van der Waals surface area contributed by atoms with Gasteiger partial charge in [-0.3, -0.25) is 4.98 Å². The number of rotatable bonds is 5. The van der Waals surface area contributed by atoms with E-state index in [9.17, 15) is 0 Å². The largest absolute Gasteiger partial charge is 0 e. The molecule has 122 valence electrons. The molecule has 1 aromatic heterocycles. The topological polar surface area (TPSA) is 39.3 Å². The number of para-hydroxylation sites is 1. The van der Waals surface area contributed by atoms with Crippen LogP contribution in [0.1, 0.15) is 11.3 Å². The maximum Gasteiger partial charge on any atom is 0 e. The maximum atomic E-state index is 7.50. The average molecular weight is 476 g/mol. The molecule has 2 aromatic rings. The van der Waals surface area contributed by atoms with Crippen LogP contribution in [-0.4, -0.2) is 49.5 Å². The van der Waals surface area contributed by atoms with Crippen molar-refractivity contribution >= 4 is 10.9 Å². The quantitative estimate of drug-likeness (QED) is 0.377. The van der Waals surface area contributed by atoms with Gasteiger partial charge in [-0.15, -0.1) is 0 Å². The summed E-state index contributed by atoms with van der Waals surface area (Å²) in [4.78, 5) is 9.22. The molecule has 0 fully saturated rings. The molecule has 1 aromatic carbocycles. The monoisotopic (exact) mass is 477 g/mol. The molecule has 0 bridgehead atoms. The van der Waals surface area contributed by atoms with Crippen LogP contribution in [0.15, 0.2) is 30.3 Å². The number of hydrogen-bond acceptors (Lipinski definition) is 3. The molecule has 1 radical (unpaired) electrons. The molecule has 23 heavy (non-hydrogen) atoms. The molecule has 0 saturated heterocycles. The van der Waals surface area contributed by atoms with Crippen LogP contribution >= 0.6 is 0 Å². The van der Waals surface area contributed by atoms with Crippen molar-refractivity contribution in [1.82, 2.24) is 14.8 Å². The molecule has 0 saturated carbocycles. The first kappa shape index (κ1) is 25.3. The second kappa shape index (κ2) is 13.3. The van der Waals surface area contributed by atoms with Gasteiger partial charge in [0.15, 0.2) is 0 Å². The molecular formula is C17H24N3ORuY+2. The second-order valence-corrected chi connectivity index (χ2v) is 5.58. The molecule has 0 amide bonds. The third-order valence-corrected chi connectivity index (χ3v) is 3.16. The minimum Gasteiger partial charge on any atom is 0 e. The summed E-state index contributed by atoms with van der Waals surface area (Å²) in [5, 5.41) is 1.23. The van der Waals surface area contributed by atoms with Gasteiger partial charge in [0, 0.05) is 63.3 Å². The Hall–Kier alpha value is 0.0173. The summed E-state index contributed by atoms with van der Waals surface area (Å²) in [5.41, 5.74) is 3.62. The van der Waals surface area contributed by atoms with E-state index < -0.39 is 0 Å². The zero-order valence-electron chi connectivity index (χ0n) is 14.2. The maximum absolute atomic E-state index is 7.50. The van der Waals surface area contributed by atoms with Crippen molar-refractivity contribution in [2.75, 3.05) is 34.7 Å². The summed E-state index contributed by atoms with van der Waals surface area (Å²) in [6.07, 6.45) is 0.999. The van der Waals surface area contributed by atoms with Gasteiger partial charge in [0.1, 0.15) is 0 Å². The van der Waals surface area contributed by atoms with E-state index in [4.69, 9.17) is 9.64 Å². The zero-order chi connectivity index (χ0) is 15.8. The standard InChI is InChI=1S/C16H23N3.CO.Ru.Y.H/c1-18(2)11-10-15-9-8-13-6-5-7-14(12-19(3)4)16(13)17-15;1-2;;;/h5-9H,10-12H2,1-4H3;;;;/q;;+2;;. The van der Waals surface area contributed by atoms with Crippen molar-refractivity contribution in [2.24, 2.45) is 0 Å². The van der Waals surface area contributed by atoms with Crippen LogP contribution in [0.25, 0.3) is 10.9 Å². The van der Waals surface area contributed by atoms with Crippen molar-refractivity contribution in [2.45, 2.75) is 13.0 Å². The first-order chi connectivity index (χ1) is 10.1. The molecule has 0 atom stereocenters. The molecule has 0 spiro atoms. The van der Waals surface area contributed by atoms with Crippen LogP contribution in [-0.2, 0) is 69.8 Å². The Balaban J connectivity index is 0. The van der Waals surface area contributed by atoms with Gasteiger partial charge in [-0.1, -0.05) is 24.3 Å². The summed E-state index contributed by atoms with van der Waals surface area (Å²) in [7, 11) is 8.38. The minimum atomic E-state index is 0. The van der Waals surface area contributed by atoms with Gasteiger partial charge in [0.25, 0.3) is 0 Å². The van der Waals surface area contributed by atoms with E-state index in [0.717, 1.165) is 25.0 Å². The Morgan fingerprint density at radius 1 is 1.00 bits per heavy atom. The summed E-state index contributed by atoms with van der Waals surface area (Å²) in [6.45, 7) is 6.47. The fraction of sp³-hybridized carbons (Fsp3) is 0.412. The molecule has 0 aliphatic rings. The number of fused-ring (bicyclic) bond motifs is 1. The molecule has 2 rings (SSSR count). The fourth-order valence-corrected chi connectivity index (χ4v) is 2.19. The number of hydrogen-bond donors (Lipinski definition) is 0. The number of aromatic nitrogens is 1. The van der Waals surface area contributed by atoms with E-state index in [-0.39, 0.29) is 52.2 Å². The predicted octanol–water partition coefficient (Wildman–Crippen LogP) is 2.09. The van der Waals surface area contributed by atoms with Gasteiger partial charge in [-0.05, 0) is 39.8 Å². The van der Waals surface area contributed by atoms with Crippen LogP contribution in [0.4, 0.5) is 0 Å². The third kappa shape index (κ3) is 8.61. The van der Waals surface area contributed by atoms with Crippen LogP contribution in [0.2, 0.25) is 0 Å². The number of pyridine rings is 1. The first-order valence-corrected chi connectivity index (χ1v) is 6.93. The van der Waals surface area contributed by atoms with Crippen molar-refractivity contribution in [3.05, 3.63) is 48.2 Å². The summed E-state index contributed by atoms with van der Waals surface area (Å²) in [5.74, 6) is 0. The summed E-state index contributed by atoms with van der Waals surface area (Å²) in [6, 6.07) is 10.8. The smallest absolute Gasteiger partial charge is 0 e. The van der Waals surface area contributed by atoms with Crippen LogP contribution < -0.4 is 0 Å². The Bertz CT molecular complexity index is 603. The van der Waals surface area contributed by atoms with Gasteiger partial charge in [0.2, 0.25) is 0 Å². The molecule has 0 unspecified atom stereocenters. The van der Waals surface area contributed by atoms with E-state index in [0.29, 0.717) is 0 Å². The number of nitrogens with zero attached hydrogens (tertiary/aromatic N) is 3. The summed E-state index contributed by atoms with van der Waals surface area (Å²) < 4.78 is 7.50. The first-order valence-electron chi connectivity index (χ1n) is 6.93. The van der Waals surface area contributed by atoms with Gasteiger partial charge in [0.05, 0.1) is 5.52 Å². The Kier molecular flexibility index (Phi) is 14.6. The molecule has 0 aliphatic carbocycles. The number of benzene rings is 1. The normalized spacial score (nSPS) is 9.74. The molecule has 1 heterocycles. The average Bonchev–Trinajstić information content (AvgIpc) is 2.47. The van der Waals surface area contributed by atoms with Gasteiger partial charge in [-0.25, -0.2) is 0 Å². The van der Waals surface area contributed by atoms with Gasteiger partial charge in [-0.2, -0.15) is 0 Å². The minimum absolute atomic E-state index is 0. The van der Waals surface area contributed by atoms with Crippen molar-refractivity contribution in [3.8, 4) is 0 Å².